The minimum atomic E-state index is -0.373. The average Bonchev–Trinajstić information content (AvgIpc) is 3.54. The van der Waals surface area contributed by atoms with Gasteiger partial charge in [0.05, 0.1) is 35.9 Å². The molecule has 1 unspecified atom stereocenters. The largest absolute Gasteiger partial charge is 0.497 e. The zero-order chi connectivity index (χ0) is 23.7. The molecule has 34 heavy (non-hydrogen) atoms. The number of hydrogen-bond acceptors (Lipinski definition) is 6. The van der Waals surface area contributed by atoms with E-state index in [9.17, 15) is 4.79 Å². The highest BCUT2D eigenvalue weighted by atomic mass is 35.5. The van der Waals surface area contributed by atoms with Crippen LogP contribution < -0.4 is 9.47 Å². The van der Waals surface area contributed by atoms with E-state index in [1.807, 2.05) is 66.9 Å². The van der Waals surface area contributed by atoms with Gasteiger partial charge in [0.15, 0.2) is 0 Å². The first-order valence-electron chi connectivity index (χ1n) is 10.9. The summed E-state index contributed by atoms with van der Waals surface area (Å²) in [6.45, 7) is 2.51. The van der Waals surface area contributed by atoms with Gasteiger partial charge >= 0.3 is 0 Å². The molecule has 0 bridgehead atoms. The third-order valence-electron chi connectivity index (χ3n) is 5.71. The van der Waals surface area contributed by atoms with Gasteiger partial charge in [0, 0.05) is 23.4 Å². The number of methoxy groups -OCH3 is 1. The first kappa shape index (κ1) is 22.4. The number of halogens is 1. The Hall–Kier alpha value is -3.42. The number of nitrogens with zero attached hydrogens (tertiary/aromatic N) is 3. The number of ether oxygens (including phenoxy) is 2. The third-order valence-corrected chi connectivity index (χ3v) is 6.87. The van der Waals surface area contributed by atoms with Crippen LogP contribution in [0, 0.1) is 0 Å². The Morgan fingerprint density at radius 2 is 1.94 bits per heavy atom. The number of fused-ring (bicyclic) bond motifs is 1. The van der Waals surface area contributed by atoms with Crippen molar-refractivity contribution in [2.45, 2.75) is 19.4 Å². The van der Waals surface area contributed by atoms with Crippen molar-refractivity contribution in [3.63, 3.8) is 0 Å². The summed E-state index contributed by atoms with van der Waals surface area (Å²) < 4.78 is 10.9. The summed E-state index contributed by atoms with van der Waals surface area (Å²) in [7, 11) is 1.63. The van der Waals surface area contributed by atoms with Gasteiger partial charge in [-0.05, 0) is 66.4 Å². The van der Waals surface area contributed by atoms with Gasteiger partial charge in [-0.2, -0.15) is 5.10 Å². The highest BCUT2D eigenvalue weighted by molar-refractivity contribution is 7.12. The fourth-order valence-corrected chi connectivity index (χ4v) is 4.97. The average molecular weight is 492 g/mol. The molecule has 3 heterocycles. The maximum Gasteiger partial charge on any atom is 0.284 e. The Balaban J connectivity index is 1.55. The molecule has 8 heteroatoms. The highest BCUT2D eigenvalue weighted by Gasteiger charge is 2.35. The van der Waals surface area contributed by atoms with Crippen molar-refractivity contribution in [2.75, 3.05) is 13.7 Å². The summed E-state index contributed by atoms with van der Waals surface area (Å²) in [5.74, 6) is 1.34. The Morgan fingerprint density at radius 1 is 1.15 bits per heavy atom. The second kappa shape index (κ2) is 9.44. The number of benzene rings is 2. The number of hydrazone groups is 1. The summed E-state index contributed by atoms with van der Waals surface area (Å²) in [4.78, 5) is 18.6. The van der Waals surface area contributed by atoms with E-state index in [1.165, 1.54) is 16.3 Å². The zero-order valence-corrected chi connectivity index (χ0v) is 20.3. The van der Waals surface area contributed by atoms with E-state index in [0.29, 0.717) is 23.1 Å². The van der Waals surface area contributed by atoms with Gasteiger partial charge in [-0.25, -0.2) is 9.99 Å². The minimum Gasteiger partial charge on any atom is -0.497 e. The molecule has 0 radical (unpaired) electrons. The van der Waals surface area contributed by atoms with Crippen molar-refractivity contribution in [3.05, 3.63) is 87.2 Å². The molecule has 0 fully saturated rings. The van der Waals surface area contributed by atoms with E-state index >= 15 is 0 Å². The van der Waals surface area contributed by atoms with E-state index in [2.05, 4.69) is 4.98 Å². The lowest BCUT2D eigenvalue weighted by atomic mass is 9.98. The Morgan fingerprint density at radius 3 is 2.65 bits per heavy atom. The van der Waals surface area contributed by atoms with Gasteiger partial charge < -0.3 is 9.47 Å². The lowest BCUT2D eigenvalue weighted by molar-refractivity contribution is 0.0716. The van der Waals surface area contributed by atoms with Crippen LogP contribution in [-0.4, -0.2) is 35.3 Å². The molecule has 0 saturated carbocycles. The maximum absolute atomic E-state index is 13.4. The lowest BCUT2D eigenvalue weighted by Crippen LogP contribution is -2.26. The van der Waals surface area contributed by atoms with Crippen LogP contribution in [0.5, 0.6) is 11.5 Å². The standard InChI is InChI=1S/C26H22ClN3O3S/c1-3-33-19-11-8-17-13-20(25(27)28-21(17)14-19)23-15-22(16-6-9-18(32-2)10-7-16)29-30(23)26(31)24-5-4-12-34-24/h4-14,23H,3,15H2,1-2H3. The van der Waals surface area contributed by atoms with Crippen molar-refractivity contribution < 1.29 is 14.3 Å². The van der Waals surface area contributed by atoms with Crippen LogP contribution in [0.1, 0.15) is 40.2 Å². The summed E-state index contributed by atoms with van der Waals surface area (Å²) in [6.07, 6.45) is 0.521. The van der Waals surface area contributed by atoms with E-state index < -0.39 is 0 Å². The topological polar surface area (TPSA) is 64.0 Å². The number of carbonyl (C=O) groups excluding carboxylic acids is 1. The van der Waals surface area contributed by atoms with Crippen LogP contribution in [-0.2, 0) is 0 Å². The van der Waals surface area contributed by atoms with Crippen LogP contribution in [0.25, 0.3) is 10.9 Å². The van der Waals surface area contributed by atoms with E-state index in [-0.39, 0.29) is 11.9 Å². The monoisotopic (exact) mass is 491 g/mol. The predicted molar refractivity (Wildman–Crippen MR) is 135 cm³/mol. The molecular weight excluding hydrogens is 470 g/mol. The van der Waals surface area contributed by atoms with Gasteiger partial charge in [-0.15, -0.1) is 11.3 Å². The summed E-state index contributed by atoms with van der Waals surface area (Å²) in [5, 5.41) is 9.43. The third kappa shape index (κ3) is 4.24. The van der Waals surface area contributed by atoms with Crippen LogP contribution >= 0.6 is 22.9 Å². The van der Waals surface area contributed by atoms with Crippen LogP contribution in [0.2, 0.25) is 5.15 Å². The first-order valence-corrected chi connectivity index (χ1v) is 12.1. The normalized spacial score (nSPS) is 15.4. The van der Waals surface area contributed by atoms with Gasteiger partial charge in [-0.1, -0.05) is 17.7 Å². The molecule has 0 spiro atoms. The van der Waals surface area contributed by atoms with Gasteiger partial charge in [0.25, 0.3) is 5.91 Å². The highest BCUT2D eigenvalue weighted by Crippen LogP contribution is 2.39. The number of pyridine rings is 1. The quantitative estimate of drug-likeness (QED) is 0.295. The molecule has 2 aromatic carbocycles. The summed E-state index contributed by atoms with van der Waals surface area (Å²) in [5.41, 5.74) is 3.24. The number of thiophene rings is 1. The van der Waals surface area contributed by atoms with E-state index in [0.717, 1.165) is 39.2 Å². The van der Waals surface area contributed by atoms with Crippen LogP contribution in [0.3, 0.4) is 0 Å². The number of carbonyl (C=O) groups is 1. The van der Waals surface area contributed by atoms with E-state index in [4.69, 9.17) is 26.2 Å². The molecule has 6 nitrogen and oxygen atoms in total. The molecule has 4 aromatic rings. The second-order valence-corrected chi connectivity index (χ2v) is 9.08. The predicted octanol–water partition coefficient (Wildman–Crippen LogP) is 6.35. The zero-order valence-electron chi connectivity index (χ0n) is 18.7. The van der Waals surface area contributed by atoms with Gasteiger partial charge in [-0.3, -0.25) is 4.79 Å². The molecule has 172 valence electrons. The Kier molecular flexibility index (Phi) is 6.22. The second-order valence-electron chi connectivity index (χ2n) is 7.78. The number of amides is 1. The first-order chi connectivity index (χ1) is 16.6. The SMILES string of the molecule is CCOc1ccc2cc(C3CC(c4ccc(OC)cc4)=NN3C(=O)c3cccs3)c(Cl)nc2c1. The Bertz CT molecular complexity index is 1370. The smallest absolute Gasteiger partial charge is 0.284 e. The minimum absolute atomic E-state index is 0.161. The fraction of sp³-hybridized carbons (Fsp3) is 0.192. The van der Waals surface area contributed by atoms with Crippen molar-refractivity contribution in [3.8, 4) is 11.5 Å². The van der Waals surface area contributed by atoms with Gasteiger partial charge in [0.2, 0.25) is 0 Å². The van der Waals surface area contributed by atoms with Crippen LogP contribution in [0.15, 0.2) is 71.1 Å². The van der Waals surface area contributed by atoms with Crippen LogP contribution in [0.4, 0.5) is 0 Å². The molecule has 5 rings (SSSR count). The van der Waals surface area contributed by atoms with Crippen molar-refractivity contribution >= 4 is 45.5 Å². The fourth-order valence-electron chi connectivity index (χ4n) is 4.04. The van der Waals surface area contributed by atoms with Crippen molar-refractivity contribution in [1.82, 2.24) is 9.99 Å². The Labute approximate surface area is 206 Å². The van der Waals surface area contributed by atoms with Crippen molar-refractivity contribution in [2.24, 2.45) is 5.10 Å². The molecule has 2 aromatic heterocycles. The molecule has 1 atom stereocenters. The molecule has 1 amide bonds. The molecule has 0 saturated heterocycles. The molecule has 1 aliphatic rings. The molecule has 1 aliphatic heterocycles. The van der Waals surface area contributed by atoms with Crippen molar-refractivity contribution in [1.29, 1.82) is 0 Å². The number of aromatic nitrogens is 1. The lowest BCUT2D eigenvalue weighted by Gasteiger charge is -2.22. The summed E-state index contributed by atoms with van der Waals surface area (Å²) >= 11 is 8.08. The number of rotatable bonds is 6. The summed E-state index contributed by atoms with van der Waals surface area (Å²) in [6, 6.07) is 18.7. The molecular formula is C26H22ClN3O3S. The molecule has 0 N–H and O–H groups in total. The van der Waals surface area contributed by atoms with E-state index in [1.54, 1.807) is 13.2 Å². The van der Waals surface area contributed by atoms with Gasteiger partial charge in [0.1, 0.15) is 16.7 Å². The molecule has 0 aliphatic carbocycles. The maximum atomic E-state index is 13.4. The number of hydrogen-bond donors (Lipinski definition) is 0.